The standard InChI is InChI=1S/C24H23N5O/c1-17(20-10-5-6-11-22(20)28-15-7-14-25-28)27-24(30)21-16-26-29(23(21)18-12-13-18)19-8-3-2-4-9-19/h2-11,14-18H,12-13H2,1H3,(H,27,30)/t17-/m0/s1. The molecular formula is C24H23N5O. The van der Waals surface area contributed by atoms with Crippen molar-refractivity contribution in [3.63, 3.8) is 0 Å². The number of rotatable bonds is 6. The van der Waals surface area contributed by atoms with Gasteiger partial charge in [-0.15, -0.1) is 0 Å². The second kappa shape index (κ2) is 7.63. The minimum absolute atomic E-state index is 0.0955. The Balaban J connectivity index is 1.44. The van der Waals surface area contributed by atoms with E-state index in [2.05, 4.69) is 15.5 Å². The van der Waals surface area contributed by atoms with Gasteiger partial charge in [-0.05, 0) is 49.6 Å². The van der Waals surface area contributed by atoms with E-state index in [-0.39, 0.29) is 11.9 Å². The van der Waals surface area contributed by atoms with E-state index in [0.717, 1.165) is 35.5 Å². The number of aromatic nitrogens is 4. The Hall–Kier alpha value is -3.67. The fraction of sp³-hybridized carbons (Fsp3) is 0.208. The molecule has 0 saturated heterocycles. The van der Waals surface area contributed by atoms with E-state index in [1.54, 1.807) is 12.4 Å². The zero-order valence-corrected chi connectivity index (χ0v) is 16.8. The Kier molecular flexibility index (Phi) is 4.67. The van der Waals surface area contributed by atoms with Gasteiger partial charge in [-0.25, -0.2) is 9.36 Å². The molecule has 1 aliphatic carbocycles. The first-order valence-electron chi connectivity index (χ1n) is 10.3. The molecule has 4 aromatic rings. The third kappa shape index (κ3) is 3.41. The third-order valence-corrected chi connectivity index (χ3v) is 5.52. The first-order chi connectivity index (χ1) is 14.7. The van der Waals surface area contributed by atoms with Gasteiger partial charge in [-0.1, -0.05) is 36.4 Å². The van der Waals surface area contributed by atoms with E-state index in [4.69, 9.17) is 0 Å². The SMILES string of the molecule is C[C@H](NC(=O)c1cnn(-c2ccccc2)c1C1CC1)c1ccccc1-n1cccn1. The molecular weight excluding hydrogens is 374 g/mol. The first-order valence-corrected chi connectivity index (χ1v) is 10.3. The van der Waals surface area contributed by atoms with Crippen LogP contribution in [0.3, 0.4) is 0 Å². The zero-order valence-electron chi connectivity index (χ0n) is 16.8. The Morgan fingerprint density at radius 1 is 1.03 bits per heavy atom. The van der Waals surface area contributed by atoms with Crippen molar-refractivity contribution in [1.29, 1.82) is 0 Å². The molecule has 5 rings (SSSR count). The second-order valence-electron chi connectivity index (χ2n) is 7.67. The normalized spacial score (nSPS) is 14.4. The number of hydrogen-bond donors (Lipinski definition) is 1. The molecule has 1 N–H and O–H groups in total. The second-order valence-corrected chi connectivity index (χ2v) is 7.67. The third-order valence-electron chi connectivity index (χ3n) is 5.52. The monoisotopic (exact) mass is 397 g/mol. The summed E-state index contributed by atoms with van der Waals surface area (Å²) in [5.74, 6) is 0.293. The van der Waals surface area contributed by atoms with Gasteiger partial charge in [-0.3, -0.25) is 4.79 Å². The highest BCUT2D eigenvalue weighted by atomic mass is 16.1. The van der Waals surface area contributed by atoms with Gasteiger partial charge >= 0.3 is 0 Å². The van der Waals surface area contributed by atoms with Crippen LogP contribution in [0.2, 0.25) is 0 Å². The molecule has 1 aliphatic rings. The molecule has 2 aromatic heterocycles. The van der Waals surface area contributed by atoms with Gasteiger partial charge in [-0.2, -0.15) is 10.2 Å². The summed E-state index contributed by atoms with van der Waals surface area (Å²) in [5, 5.41) is 12.1. The molecule has 1 saturated carbocycles. The van der Waals surface area contributed by atoms with Crippen LogP contribution >= 0.6 is 0 Å². The van der Waals surface area contributed by atoms with E-state index in [0.29, 0.717) is 11.5 Å². The lowest BCUT2D eigenvalue weighted by Gasteiger charge is -2.18. The summed E-state index contributed by atoms with van der Waals surface area (Å²) in [6, 6.07) is 19.7. The predicted molar refractivity (Wildman–Crippen MR) is 115 cm³/mol. The molecule has 1 atom stereocenters. The van der Waals surface area contributed by atoms with Gasteiger partial charge in [0.05, 0.1) is 34.9 Å². The minimum Gasteiger partial charge on any atom is -0.345 e. The van der Waals surface area contributed by atoms with Gasteiger partial charge < -0.3 is 5.32 Å². The summed E-state index contributed by atoms with van der Waals surface area (Å²) in [6.07, 6.45) is 7.54. The average Bonchev–Trinajstić information content (AvgIpc) is 3.28. The summed E-state index contributed by atoms with van der Waals surface area (Å²) in [7, 11) is 0. The summed E-state index contributed by atoms with van der Waals surface area (Å²) in [4.78, 5) is 13.2. The van der Waals surface area contributed by atoms with Crippen LogP contribution < -0.4 is 5.32 Å². The lowest BCUT2D eigenvalue weighted by atomic mass is 10.0. The Bertz CT molecular complexity index is 1160. The fourth-order valence-corrected chi connectivity index (χ4v) is 3.88. The van der Waals surface area contributed by atoms with Crippen LogP contribution in [0.4, 0.5) is 0 Å². The van der Waals surface area contributed by atoms with Gasteiger partial charge in [0.25, 0.3) is 5.91 Å². The molecule has 0 bridgehead atoms. The summed E-state index contributed by atoms with van der Waals surface area (Å²) in [6.45, 7) is 2.00. The van der Waals surface area contributed by atoms with Gasteiger partial charge in [0.15, 0.2) is 0 Å². The maximum atomic E-state index is 13.2. The highest BCUT2D eigenvalue weighted by Crippen LogP contribution is 2.42. The number of hydrogen-bond acceptors (Lipinski definition) is 3. The summed E-state index contributed by atoms with van der Waals surface area (Å²) >= 11 is 0. The van der Waals surface area contributed by atoms with Crippen molar-refractivity contribution in [2.24, 2.45) is 0 Å². The highest BCUT2D eigenvalue weighted by Gasteiger charge is 2.33. The Labute approximate surface area is 175 Å². The van der Waals surface area contributed by atoms with Crippen LogP contribution in [0, 0.1) is 0 Å². The van der Waals surface area contributed by atoms with Crippen molar-refractivity contribution >= 4 is 5.91 Å². The van der Waals surface area contributed by atoms with E-state index < -0.39 is 0 Å². The van der Waals surface area contributed by atoms with Crippen LogP contribution in [0.1, 0.15) is 53.3 Å². The maximum absolute atomic E-state index is 13.2. The van der Waals surface area contributed by atoms with Crippen LogP contribution in [0.25, 0.3) is 11.4 Å². The number of carbonyl (C=O) groups excluding carboxylic acids is 1. The van der Waals surface area contributed by atoms with Gasteiger partial charge in [0.1, 0.15) is 0 Å². The molecule has 6 nitrogen and oxygen atoms in total. The van der Waals surface area contributed by atoms with Crippen molar-refractivity contribution in [2.75, 3.05) is 0 Å². The molecule has 1 amide bonds. The molecule has 6 heteroatoms. The number of nitrogens with one attached hydrogen (secondary N) is 1. The van der Waals surface area contributed by atoms with Crippen molar-refractivity contribution < 1.29 is 4.79 Å². The lowest BCUT2D eigenvalue weighted by molar-refractivity contribution is 0.0939. The molecule has 1 fully saturated rings. The molecule has 0 aliphatic heterocycles. The molecule has 30 heavy (non-hydrogen) atoms. The highest BCUT2D eigenvalue weighted by molar-refractivity contribution is 5.96. The van der Waals surface area contributed by atoms with Crippen molar-refractivity contribution in [3.8, 4) is 11.4 Å². The predicted octanol–water partition coefficient (Wildman–Crippen LogP) is 4.43. The summed E-state index contributed by atoms with van der Waals surface area (Å²) in [5.41, 5.74) is 4.61. The van der Waals surface area contributed by atoms with Gasteiger partial charge in [0, 0.05) is 18.3 Å². The van der Waals surface area contributed by atoms with E-state index >= 15 is 0 Å². The fourth-order valence-electron chi connectivity index (χ4n) is 3.88. The smallest absolute Gasteiger partial charge is 0.255 e. The van der Waals surface area contributed by atoms with Crippen molar-refractivity contribution in [1.82, 2.24) is 24.9 Å². The minimum atomic E-state index is -0.176. The van der Waals surface area contributed by atoms with E-state index in [1.807, 2.05) is 83.1 Å². The largest absolute Gasteiger partial charge is 0.345 e. The molecule has 2 aromatic carbocycles. The number of nitrogens with zero attached hydrogens (tertiary/aromatic N) is 4. The Morgan fingerprint density at radius 2 is 1.80 bits per heavy atom. The van der Waals surface area contributed by atoms with E-state index in [9.17, 15) is 4.79 Å². The van der Waals surface area contributed by atoms with Crippen LogP contribution in [-0.4, -0.2) is 25.5 Å². The van der Waals surface area contributed by atoms with Crippen molar-refractivity contribution in [2.45, 2.75) is 31.7 Å². The lowest BCUT2D eigenvalue weighted by Crippen LogP contribution is -2.28. The van der Waals surface area contributed by atoms with Crippen LogP contribution in [-0.2, 0) is 0 Å². The number of para-hydroxylation sites is 2. The molecule has 0 radical (unpaired) electrons. The topological polar surface area (TPSA) is 64.7 Å². The Morgan fingerprint density at radius 3 is 2.53 bits per heavy atom. The quantitative estimate of drug-likeness (QED) is 0.524. The molecule has 0 unspecified atom stereocenters. The summed E-state index contributed by atoms with van der Waals surface area (Å²) < 4.78 is 3.73. The van der Waals surface area contributed by atoms with Gasteiger partial charge in [0.2, 0.25) is 0 Å². The number of carbonyl (C=O) groups is 1. The van der Waals surface area contributed by atoms with Crippen LogP contribution in [0.5, 0.6) is 0 Å². The number of benzene rings is 2. The molecule has 0 spiro atoms. The zero-order chi connectivity index (χ0) is 20.5. The maximum Gasteiger partial charge on any atom is 0.255 e. The van der Waals surface area contributed by atoms with E-state index in [1.165, 1.54) is 0 Å². The van der Waals surface area contributed by atoms with Crippen molar-refractivity contribution in [3.05, 3.63) is 96.1 Å². The number of amides is 1. The molecule has 2 heterocycles. The molecule has 150 valence electrons. The first kappa shape index (κ1) is 18.4. The van der Waals surface area contributed by atoms with Crippen LogP contribution in [0.15, 0.2) is 79.3 Å². The average molecular weight is 397 g/mol.